The number of aromatic nitrogens is 3. The third-order valence-corrected chi connectivity index (χ3v) is 6.55. The van der Waals surface area contributed by atoms with Crippen molar-refractivity contribution in [3.8, 4) is 17.0 Å². The molecule has 4 aromatic rings. The number of aromatic amines is 2. The van der Waals surface area contributed by atoms with Gasteiger partial charge in [0.05, 0.1) is 25.4 Å². The van der Waals surface area contributed by atoms with Gasteiger partial charge in [0, 0.05) is 36.2 Å². The second-order valence-corrected chi connectivity index (χ2v) is 8.73. The van der Waals surface area contributed by atoms with Crippen LogP contribution in [0.5, 0.6) is 5.75 Å². The van der Waals surface area contributed by atoms with Gasteiger partial charge in [0.1, 0.15) is 17.6 Å². The van der Waals surface area contributed by atoms with Crippen molar-refractivity contribution in [2.75, 3.05) is 33.8 Å². The summed E-state index contributed by atoms with van der Waals surface area (Å²) in [6.07, 6.45) is 2.20. The molecule has 1 amide bonds. The highest BCUT2D eigenvalue weighted by Crippen LogP contribution is 2.30. The van der Waals surface area contributed by atoms with Crippen LogP contribution in [0.3, 0.4) is 0 Å². The fourth-order valence-corrected chi connectivity index (χ4v) is 4.69. The first-order valence-electron chi connectivity index (χ1n) is 11.3. The van der Waals surface area contributed by atoms with Crippen LogP contribution in [0, 0.1) is 6.92 Å². The van der Waals surface area contributed by atoms with Crippen LogP contribution >= 0.6 is 0 Å². The Hall–Kier alpha value is -3.58. The molecule has 0 bridgehead atoms. The lowest BCUT2D eigenvalue weighted by molar-refractivity contribution is -0.135. The summed E-state index contributed by atoms with van der Waals surface area (Å²) in [6, 6.07) is 16.0. The van der Waals surface area contributed by atoms with Crippen molar-refractivity contribution in [2.24, 2.45) is 0 Å². The minimum atomic E-state index is -0.117. The molecular formula is C26H29N5O2. The number of likely N-dealkylation sites (N-methyl/N-ethyl adjacent to an activating group) is 1. The van der Waals surface area contributed by atoms with Gasteiger partial charge in [-0.25, -0.2) is 4.98 Å². The number of carbonyl (C=O) groups is 1. The molecule has 0 spiro atoms. The summed E-state index contributed by atoms with van der Waals surface area (Å²) in [5, 5.41) is 1.04. The quantitative estimate of drug-likeness (QED) is 0.490. The number of H-pyrrole nitrogens is 2. The number of aryl methyl sites for hydroxylation is 1. The third-order valence-electron chi connectivity index (χ3n) is 6.55. The number of imidazole rings is 1. The number of amides is 1. The normalized spacial score (nSPS) is 16.9. The van der Waals surface area contributed by atoms with Crippen molar-refractivity contribution >= 4 is 16.8 Å². The van der Waals surface area contributed by atoms with E-state index >= 15 is 0 Å². The van der Waals surface area contributed by atoms with Crippen LogP contribution in [-0.4, -0.2) is 64.5 Å². The summed E-state index contributed by atoms with van der Waals surface area (Å²) in [5.41, 5.74) is 5.11. The summed E-state index contributed by atoms with van der Waals surface area (Å²) in [5.74, 6) is 1.72. The number of fused-ring (bicyclic) bond motifs is 1. The minimum Gasteiger partial charge on any atom is -0.497 e. The summed E-state index contributed by atoms with van der Waals surface area (Å²) in [6.45, 7) is 4.28. The molecule has 1 atom stereocenters. The monoisotopic (exact) mass is 443 g/mol. The summed E-state index contributed by atoms with van der Waals surface area (Å²) >= 11 is 0. The van der Waals surface area contributed by atoms with E-state index in [0.717, 1.165) is 58.1 Å². The van der Waals surface area contributed by atoms with E-state index in [1.807, 2.05) is 54.4 Å². The van der Waals surface area contributed by atoms with E-state index in [1.54, 1.807) is 7.11 Å². The number of rotatable bonds is 5. The van der Waals surface area contributed by atoms with Crippen LogP contribution < -0.4 is 4.74 Å². The van der Waals surface area contributed by atoms with Gasteiger partial charge < -0.3 is 24.5 Å². The largest absolute Gasteiger partial charge is 0.497 e. The highest BCUT2D eigenvalue weighted by atomic mass is 16.5. The van der Waals surface area contributed by atoms with Crippen LogP contribution in [-0.2, 0) is 11.2 Å². The summed E-state index contributed by atoms with van der Waals surface area (Å²) < 4.78 is 5.41. The van der Waals surface area contributed by atoms with E-state index < -0.39 is 0 Å². The fraction of sp³-hybridized carbons (Fsp3) is 0.308. The maximum absolute atomic E-state index is 13.6. The zero-order chi connectivity index (χ0) is 22.9. The lowest BCUT2D eigenvalue weighted by atomic mass is 10.0. The molecule has 0 saturated carbocycles. The first-order chi connectivity index (χ1) is 16.0. The molecule has 170 valence electrons. The molecule has 0 radical (unpaired) electrons. The van der Waals surface area contributed by atoms with Gasteiger partial charge in [-0.15, -0.1) is 0 Å². The number of piperazine rings is 1. The van der Waals surface area contributed by atoms with Gasteiger partial charge in [0.25, 0.3) is 0 Å². The van der Waals surface area contributed by atoms with Crippen molar-refractivity contribution in [2.45, 2.75) is 19.4 Å². The van der Waals surface area contributed by atoms with Crippen LogP contribution in [0.15, 0.2) is 54.7 Å². The molecule has 1 unspecified atom stereocenters. The fourth-order valence-electron chi connectivity index (χ4n) is 4.69. The van der Waals surface area contributed by atoms with E-state index in [0.29, 0.717) is 13.0 Å². The second kappa shape index (κ2) is 8.75. The van der Waals surface area contributed by atoms with Crippen molar-refractivity contribution in [1.29, 1.82) is 0 Å². The van der Waals surface area contributed by atoms with Gasteiger partial charge in [-0.2, -0.15) is 0 Å². The van der Waals surface area contributed by atoms with Crippen molar-refractivity contribution in [3.05, 3.63) is 71.8 Å². The van der Waals surface area contributed by atoms with Gasteiger partial charge >= 0.3 is 0 Å². The van der Waals surface area contributed by atoms with Crippen LogP contribution in [0.1, 0.15) is 23.1 Å². The number of nitrogens with one attached hydrogen (secondary N) is 2. The maximum Gasteiger partial charge on any atom is 0.227 e. The lowest BCUT2D eigenvalue weighted by Gasteiger charge is -2.39. The molecule has 1 fully saturated rings. The van der Waals surface area contributed by atoms with Gasteiger partial charge in [0.2, 0.25) is 5.91 Å². The average Bonchev–Trinajstić information content (AvgIpc) is 3.44. The predicted molar refractivity (Wildman–Crippen MR) is 129 cm³/mol. The molecule has 1 aliphatic heterocycles. The number of carbonyl (C=O) groups excluding carboxylic acids is 1. The van der Waals surface area contributed by atoms with Gasteiger partial charge in [-0.3, -0.25) is 4.79 Å². The molecule has 5 rings (SSSR count). The minimum absolute atomic E-state index is 0.109. The van der Waals surface area contributed by atoms with Gasteiger partial charge in [-0.1, -0.05) is 30.3 Å². The number of ether oxygens (including phenoxy) is 1. The number of hydrogen-bond donors (Lipinski definition) is 2. The Bertz CT molecular complexity index is 1280. The predicted octanol–water partition coefficient (Wildman–Crippen LogP) is 3.93. The Balaban J connectivity index is 1.43. The number of nitrogens with zero attached hydrogens (tertiary/aromatic N) is 3. The zero-order valence-electron chi connectivity index (χ0n) is 19.3. The van der Waals surface area contributed by atoms with Gasteiger partial charge in [-0.05, 0) is 43.3 Å². The molecule has 1 saturated heterocycles. The molecule has 2 N–H and O–H groups in total. The smallest absolute Gasteiger partial charge is 0.227 e. The molecule has 1 aliphatic rings. The third kappa shape index (κ3) is 4.12. The zero-order valence-corrected chi connectivity index (χ0v) is 19.3. The SMILES string of the molecule is COc1ccc2[nH]c(C)c(CC(=O)N3CCN(C)CC3c3ncc(-c4ccccc4)[nH]3)c2c1. The first kappa shape index (κ1) is 21.3. The molecular weight excluding hydrogens is 414 g/mol. The summed E-state index contributed by atoms with van der Waals surface area (Å²) in [7, 11) is 3.75. The van der Waals surface area contributed by atoms with E-state index in [9.17, 15) is 4.79 Å². The van der Waals surface area contributed by atoms with E-state index in [1.165, 1.54) is 0 Å². The van der Waals surface area contributed by atoms with Crippen molar-refractivity contribution < 1.29 is 9.53 Å². The topological polar surface area (TPSA) is 77.2 Å². The Kier molecular flexibility index (Phi) is 5.64. The summed E-state index contributed by atoms with van der Waals surface area (Å²) in [4.78, 5) is 29.4. The lowest BCUT2D eigenvalue weighted by Crippen LogP contribution is -2.50. The number of hydrogen-bond acceptors (Lipinski definition) is 4. The molecule has 33 heavy (non-hydrogen) atoms. The molecule has 7 heteroatoms. The van der Waals surface area contributed by atoms with Crippen molar-refractivity contribution in [1.82, 2.24) is 24.8 Å². The Labute approximate surface area is 193 Å². The highest BCUT2D eigenvalue weighted by Gasteiger charge is 2.32. The highest BCUT2D eigenvalue weighted by molar-refractivity contribution is 5.91. The molecule has 7 nitrogen and oxygen atoms in total. The van der Waals surface area contributed by atoms with Crippen LogP contribution in [0.25, 0.3) is 22.2 Å². The number of benzene rings is 2. The van der Waals surface area contributed by atoms with Crippen LogP contribution in [0.2, 0.25) is 0 Å². The number of methoxy groups -OCH3 is 1. The second-order valence-electron chi connectivity index (χ2n) is 8.73. The Morgan fingerprint density at radius 2 is 1.97 bits per heavy atom. The first-order valence-corrected chi connectivity index (χ1v) is 11.3. The van der Waals surface area contributed by atoms with E-state index in [2.05, 4.69) is 39.0 Å². The van der Waals surface area contributed by atoms with Crippen LogP contribution in [0.4, 0.5) is 0 Å². The molecule has 0 aliphatic carbocycles. The standard InChI is InChI=1S/C26H29N5O2/c1-17-20(21-13-19(33-3)9-10-22(21)28-17)14-25(32)31-12-11-30(2)16-24(31)26-27-15-23(29-26)18-7-5-4-6-8-18/h4-10,13,15,24,28H,11-12,14,16H2,1-3H3,(H,27,29). The molecule has 2 aromatic carbocycles. The van der Waals surface area contributed by atoms with E-state index in [4.69, 9.17) is 4.74 Å². The van der Waals surface area contributed by atoms with Gasteiger partial charge in [0.15, 0.2) is 0 Å². The maximum atomic E-state index is 13.6. The Morgan fingerprint density at radius 1 is 1.15 bits per heavy atom. The van der Waals surface area contributed by atoms with Crippen molar-refractivity contribution in [3.63, 3.8) is 0 Å². The van der Waals surface area contributed by atoms with E-state index in [-0.39, 0.29) is 11.9 Å². The molecule has 2 aromatic heterocycles. The molecule has 3 heterocycles. The average molecular weight is 444 g/mol. The Morgan fingerprint density at radius 3 is 2.76 bits per heavy atom.